The highest BCUT2D eigenvalue weighted by Gasteiger charge is 2.28. The zero-order chi connectivity index (χ0) is 15.9. The number of carbonyl (C=O) groups is 1. The van der Waals surface area contributed by atoms with Gasteiger partial charge in [0.15, 0.2) is 0 Å². The molecule has 0 aromatic rings. The van der Waals surface area contributed by atoms with Gasteiger partial charge in [0.05, 0.1) is 0 Å². The summed E-state index contributed by atoms with van der Waals surface area (Å²) in [5.41, 5.74) is 2.41. The van der Waals surface area contributed by atoms with Crippen molar-refractivity contribution in [3.8, 4) is 0 Å². The van der Waals surface area contributed by atoms with Crippen molar-refractivity contribution in [2.24, 2.45) is 5.41 Å². The third-order valence-electron chi connectivity index (χ3n) is 3.25. The van der Waals surface area contributed by atoms with E-state index >= 15 is 0 Å². The lowest BCUT2D eigenvalue weighted by atomic mass is 9.94. The summed E-state index contributed by atoms with van der Waals surface area (Å²) in [5.74, 6) is 0.223. The summed E-state index contributed by atoms with van der Waals surface area (Å²) < 4.78 is 0. The summed E-state index contributed by atoms with van der Waals surface area (Å²) in [7, 11) is 0. The molecule has 0 spiro atoms. The van der Waals surface area contributed by atoms with Crippen LogP contribution in [0.5, 0.6) is 0 Å². The Morgan fingerprint density at radius 3 is 2.05 bits per heavy atom. The first-order valence-electron chi connectivity index (χ1n) is 7.65. The fourth-order valence-electron chi connectivity index (χ4n) is 1.90. The van der Waals surface area contributed by atoms with Crippen LogP contribution in [0.3, 0.4) is 0 Å². The molecule has 0 heterocycles. The average Bonchev–Trinajstić information content (AvgIpc) is 2.26. The van der Waals surface area contributed by atoms with Crippen molar-refractivity contribution in [1.29, 1.82) is 0 Å². The van der Waals surface area contributed by atoms with Crippen LogP contribution in [0.15, 0.2) is 23.3 Å². The predicted octanol–water partition coefficient (Wildman–Crippen LogP) is 4.96. The minimum absolute atomic E-state index is 0.223. The largest absolute Gasteiger partial charge is 0.336 e. The van der Waals surface area contributed by atoms with Crippen molar-refractivity contribution in [3.63, 3.8) is 0 Å². The van der Waals surface area contributed by atoms with Gasteiger partial charge in [0.1, 0.15) is 0 Å². The first-order chi connectivity index (χ1) is 9.05. The molecule has 0 aliphatic heterocycles. The second-order valence-corrected chi connectivity index (χ2v) is 7.17. The van der Waals surface area contributed by atoms with Gasteiger partial charge in [-0.3, -0.25) is 4.79 Å². The van der Waals surface area contributed by atoms with Crippen molar-refractivity contribution in [1.82, 2.24) is 4.90 Å². The fraction of sp³-hybridized carbons (Fsp3) is 0.722. The van der Waals surface area contributed by atoms with Crippen molar-refractivity contribution in [3.05, 3.63) is 23.3 Å². The molecule has 2 heteroatoms. The second-order valence-electron chi connectivity index (χ2n) is 7.17. The van der Waals surface area contributed by atoms with Crippen LogP contribution < -0.4 is 0 Å². The molecule has 0 fully saturated rings. The molecule has 2 nitrogen and oxygen atoms in total. The number of hydrogen-bond acceptors (Lipinski definition) is 1. The van der Waals surface area contributed by atoms with E-state index in [2.05, 4.69) is 46.8 Å². The van der Waals surface area contributed by atoms with Gasteiger partial charge >= 0.3 is 0 Å². The molecule has 1 amide bonds. The lowest BCUT2D eigenvalue weighted by Gasteiger charge is -2.32. The summed E-state index contributed by atoms with van der Waals surface area (Å²) in [5, 5.41) is 0. The van der Waals surface area contributed by atoms with Crippen LogP contribution in [-0.2, 0) is 4.79 Å². The van der Waals surface area contributed by atoms with Crippen molar-refractivity contribution >= 4 is 5.91 Å². The normalized spacial score (nSPS) is 12.6. The second kappa shape index (κ2) is 8.28. The van der Waals surface area contributed by atoms with Crippen LogP contribution in [-0.4, -0.2) is 23.4 Å². The van der Waals surface area contributed by atoms with Gasteiger partial charge in [-0.1, -0.05) is 44.1 Å². The number of amides is 1. The van der Waals surface area contributed by atoms with E-state index < -0.39 is 0 Å². The SMILES string of the molecule is CC(C)=CCC/C(C)=C\CN(C(=O)C(C)(C)C)C(C)C. The molecule has 0 atom stereocenters. The maximum atomic E-state index is 12.4. The first kappa shape index (κ1) is 18.9. The van der Waals surface area contributed by atoms with Gasteiger partial charge in [-0.2, -0.15) is 0 Å². The number of carbonyl (C=O) groups excluding carboxylic acids is 1. The predicted molar refractivity (Wildman–Crippen MR) is 88.7 cm³/mol. The molecule has 0 bridgehead atoms. The summed E-state index contributed by atoms with van der Waals surface area (Å²) in [4.78, 5) is 14.4. The van der Waals surface area contributed by atoms with E-state index in [0.717, 1.165) is 12.8 Å². The minimum Gasteiger partial charge on any atom is -0.336 e. The summed E-state index contributed by atoms with van der Waals surface area (Å²) >= 11 is 0. The van der Waals surface area contributed by atoms with Crippen molar-refractivity contribution < 1.29 is 4.79 Å². The smallest absolute Gasteiger partial charge is 0.228 e. The van der Waals surface area contributed by atoms with E-state index in [0.29, 0.717) is 6.54 Å². The quantitative estimate of drug-likeness (QED) is 0.629. The van der Waals surface area contributed by atoms with E-state index in [1.807, 2.05) is 25.7 Å². The Balaban J connectivity index is 4.62. The summed E-state index contributed by atoms with van der Waals surface area (Å²) in [6.07, 6.45) is 6.61. The van der Waals surface area contributed by atoms with Crippen molar-refractivity contribution in [2.45, 2.75) is 74.3 Å². The molecule has 0 rings (SSSR count). The Morgan fingerprint density at radius 2 is 1.65 bits per heavy atom. The topological polar surface area (TPSA) is 20.3 Å². The van der Waals surface area contributed by atoms with Gasteiger partial charge < -0.3 is 4.90 Å². The van der Waals surface area contributed by atoms with Crippen LogP contribution in [0.2, 0.25) is 0 Å². The molecular weight excluding hydrogens is 246 g/mol. The van der Waals surface area contributed by atoms with E-state index in [-0.39, 0.29) is 17.4 Å². The van der Waals surface area contributed by atoms with E-state index in [9.17, 15) is 4.79 Å². The zero-order valence-corrected chi connectivity index (χ0v) is 14.7. The Bertz CT molecular complexity index is 365. The van der Waals surface area contributed by atoms with Crippen LogP contribution >= 0.6 is 0 Å². The van der Waals surface area contributed by atoms with Gasteiger partial charge in [-0.15, -0.1) is 0 Å². The molecule has 0 aromatic heterocycles. The highest BCUT2D eigenvalue weighted by Crippen LogP contribution is 2.19. The maximum absolute atomic E-state index is 12.4. The Hall–Kier alpha value is -1.05. The van der Waals surface area contributed by atoms with E-state index in [1.165, 1.54) is 11.1 Å². The Morgan fingerprint density at radius 1 is 1.10 bits per heavy atom. The number of rotatable bonds is 6. The van der Waals surface area contributed by atoms with Gasteiger partial charge in [0.25, 0.3) is 0 Å². The molecule has 0 radical (unpaired) electrons. The molecule has 20 heavy (non-hydrogen) atoms. The molecule has 116 valence electrons. The molecule has 0 aliphatic carbocycles. The fourth-order valence-corrected chi connectivity index (χ4v) is 1.90. The molecule has 0 N–H and O–H groups in total. The highest BCUT2D eigenvalue weighted by molar-refractivity contribution is 5.81. The highest BCUT2D eigenvalue weighted by atomic mass is 16.2. The van der Waals surface area contributed by atoms with Gasteiger partial charge in [0.2, 0.25) is 5.91 Å². The molecule has 0 aromatic carbocycles. The lowest BCUT2D eigenvalue weighted by molar-refractivity contribution is -0.140. The third-order valence-corrected chi connectivity index (χ3v) is 3.25. The maximum Gasteiger partial charge on any atom is 0.228 e. The van der Waals surface area contributed by atoms with E-state index in [1.54, 1.807) is 0 Å². The standard InChI is InChI=1S/C18H33NO/c1-14(2)10-9-11-16(5)12-13-19(15(3)4)17(20)18(6,7)8/h10,12,15H,9,11,13H2,1-8H3/b16-12-. The van der Waals surface area contributed by atoms with Crippen molar-refractivity contribution in [2.75, 3.05) is 6.54 Å². The van der Waals surface area contributed by atoms with Gasteiger partial charge in [0, 0.05) is 18.0 Å². The van der Waals surface area contributed by atoms with E-state index in [4.69, 9.17) is 0 Å². The molecule has 0 saturated heterocycles. The van der Waals surface area contributed by atoms with Crippen LogP contribution in [0.1, 0.15) is 68.2 Å². The number of hydrogen-bond donors (Lipinski definition) is 0. The molecule has 0 aliphatic rings. The monoisotopic (exact) mass is 279 g/mol. The first-order valence-corrected chi connectivity index (χ1v) is 7.65. The summed E-state index contributed by atoms with van der Waals surface area (Å²) in [6.45, 7) is 17.2. The molecule has 0 saturated carbocycles. The molecule has 0 unspecified atom stereocenters. The lowest BCUT2D eigenvalue weighted by Crippen LogP contribution is -2.43. The van der Waals surface area contributed by atoms with Gasteiger partial charge in [-0.25, -0.2) is 0 Å². The minimum atomic E-state index is -0.311. The number of allylic oxidation sites excluding steroid dienone is 3. The van der Waals surface area contributed by atoms with Crippen LogP contribution in [0.25, 0.3) is 0 Å². The average molecular weight is 279 g/mol. The third kappa shape index (κ3) is 7.52. The van der Waals surface area contributed by atoms with Gasteiger partial charge in [-0.05, 0) is 47.5 Å². The Labute approximate surface area is 125 Å². The zero-order valence-electron chi connectivity index (χ0n) is 14.7. The molecular formula is C18H33NO. The van der Waals surface area contributed by atoms with Crippen LogP contribution in [0.4, 0.5) is 0 Å². The van der Waals surface area contributed by atoms with Crippen LogP contribution in [0, 0.1) is 5.41 Å². The Kier molecular flexibility index (Phi) is 7.85. The number of nitrogens with zero attached hydrogens (tertiary/aromatic N) is 1. The summed E-state index contributed by atoms with van der Waals surface area (Å²) in [6, 6.07) is 0.239.